The molecule has 2 aliphatic heterocycles. The van der Waals surface area contributed by atoms with Gasteiger partial charge in [-0.05, 0) is 83.4 Å². The second-order valence-electron chi connectivity index (χ2n) is 15.6. The normalized spacial score (nSPS) is 24.3. The van der Waals surface area contributed by atoms with Gasteiger partial charge in [0.05, 0.1) is 18.3 Å². The number of fused-ring (bicyclic) bond motifs is 1. The van der Waals surface area contributed by atoms with E-state index in [0.717, 1.165) is 4.90 Å². The molecule has 5 atom stereocenters. The molecule has 0 radical (unpaired) electrons. The highest BCUT2D eigenvalue weighted by atomic mass is 32.2. The van der Waals surface area contributed by atoms with Gasteiger partial charge >= 0.3 is 12.2 Å². The summed E-state index contributed by atoms with van der Waals surface area (Å²) in [6, 6.07) is 1.86. The number of halogens is 1. The molecule has 54 heavy (non-hydrogen) atoms. The minimum absolute atomic E-state index is 0.0402. The van der Waals surface area contributed by atoms with Crippen LogP contribution in [0.3, 0.4) is 0 Å². The number of hydrogen-bond donors (Lipinski definition) is 3. The number of alkyl carbamates (subject to hydrolysis) is 1. The first kappa shape index (κ1) is 40.6. The number of nitrogens with zero attached hydrogens (tertiary/aromatic N) is 2. The summed E-state index contributed by atoms with van der Waals surface area (Å²) in [5.41, 5.74) is -1.04. The molecule has 1 aromatic rings. The fourth-order valence-corrected chi connectivity index (χ4v) is 8.30. The Morgan fingerprint density at radius 2 is 1.81 bits per heavy atom. The Morgan fingerprint density at radius 3 is 2.41 bits per heavy atom. The minimum Gasteiger partial charge on any atom is -0.444 e. The predicted molar refractivity (Wildman–Crippen MR) is 192 cm³/mol. The van der Waals surface area contributed by atoms with E-state index >= 15 is 0 Å². The molecule has 0 aromatic heterocycles. The number of benzene rings is 1. The van der Waals surface area contributed by atoms with E-state index < -0.39 is 80.3 Å². The standard InChI is InChI=1S/C37H50FN5O10S/c1-7-21(3)30(44)15-14-28(39-34(48)53-36(4,5)6)32(46)43-19-24(52-35(49)42-18-22-10-9-11-27(38)26(22)20-42)16-29(43)31(45)40-37(17-23(37)8-2)33(47)41-54(50,51)25-12-13-25/h7,9-11,23-25,28-29H,8,12-20H2,1-6H3,(H,39,48)(H,40,45)(H,41,47)/t23-,24?,28+,29+,37-/m1/s1. The third-order valence-corrected chi connectivity index (χ3v) is 12.2. The first-order valence-corrected chi connectivity index (χ1v) is 19.9. The highest BCUT2D eigenvalue weighted by molar-refractivity contribution is 7.91. The average molecular weight is 776 g/mol. The number of ketones is 1. The van der Waals surface area contributed by atoms with Crippen molar-refractivity contribution < 1.29 is 51.0 Å². The van der Waals surface area contributed by atoms with Crippen molar-refractivity contribution in [3.05, 3.63) is 46.8 Å². The van der Waals surface area contributed by atoms with Gasteiger partial charge in [-0.2, -0.15) is 0 Å². The molecule has 1 unspecified atom stereocenters. The van der Waals surface area contributed by atoms with Crippen molar-refractivity contribution in [2.24, 2.45) is 5.92 Å². The number of carbonyl (C=O) groups is 6. The monoisotopic (exact) mass is 775 g/mol. The maximum absolute atomic E-state index is 14.4. The number of carbonyl (C=O) groups excluding carboxylic acids is 6. The largest absolute Gasteiger partial charge is 0.444 e. The Morgan fingerprint density at radius 1 is 1.11 bits per heavy atom. The second-order valence-corrected chi connectivity index (χ2v) is 17.5. The number of ether oxygens (including phenoxy) is 2. The van der Waals surface area contributed by atoms with E-state index in [9.17, 15) is 41.6 Å². The summed E-state index contributed by atoms with van der Waals surface area (Å²) < 4.78 is 53.1. The van der Waals surface area contributed by atoms with Crippen molar-refractivity contribution in [2.75, 3.05) is 6.54 Å². The van der Waals surface area contributed by atoms with Crippen LogP contribution in [0.2, 0.25) is 0 Å². The number of likely N-dealkylation sites (tertiary alicyclic amines) is 1. The van der Waals surface area contributed by atoms with Crippen molar-refractivity contribution in [1.82, 2.24) is 25.2 Å². The van der Waals surface area contributed by atoms with Gasteiger partial charge in [-0.25, -0.2) is 22.4 Å². The fourth-order valence-electron chi connectivity index (χ4n) is 6.94. The predicted octanol–water partition coefficient (Wildman–Crippen LogP) is 3.35. The number of hydrogen-bond acceptors (Lipinski definition) is 10. The van der Waals surface area contributed by atoms with Crippen molar-refractivity contribution in [3.63, 3.8) is 0 Å². The van der Waals surface area contributed by atoms with Crippen LogP contribution < -0.4 is 15.4 Å². The molecular formula is C37H50FN5O10S. The van der Waals surface area contributed by atoms with Gasteiger partial charge in [0, 0.05) is 24.9 Å². The number of sulfonamides is 1. The molecule has 296 valence electrons. The van der Waals surface area contributed by atoms with Gasteiger partial charge in [0.2, 0.25) is 21.8 Å². The molecule has 17 heteroatoms. The van der Waals surface area contributed by atoms with Crippen LogP contribution in [0.1, 0.15) is 97.6 Å². The lowest BCUT2D eigenvalue weighted by molar-refractivity contribution is -0.141. The van der Waals surface area contributed by atoms with Crippen LogP contribution in [0.4, 0.5) is 14.0 Å². The number of allylic oxidation sites excluding steroid dienone is 2. The smallest absolute Gasteiger partial charge is 0.410 e. The Labute approximate surface area is 314 Å². The third kappa shape index (κ3) is 9.21. The summed E-state index contributed by atoms with van der Waals surface area (Å²) in [5.74, 6) is -3.52. The topological polar surface area (TPSA) is 198 Å². The van der Waals surface area contributed by atoms with E-state index in [1.165, 1.54) is 11.0 Å². The van der Waals surface area contributed by atoms with Gasteiger partial charge in [-0.3, -0.25) is 28.8 Å². The van der Waals surface area contributed by atoms with E-state index in [0.29, 0.717) is 36.0 Å². The van der Waals surface area contributed by atoms with Crippen molar-refractivity contribution in [2.45, 2.75) is 134 Å². The van der Waals surface area contributed by atoms with Gasteiger partial charge in [-0.1, -0.05) is 31.6 Å². The Hall–Kier alpha value is -4.54. The molecule has 1 aromatic carbocycles. The maximum atomic E-state index is 14.4. The van der Waals surface area contributed by atoms with Gasteiger partial charge in [0.1, 0.15) is 35.1 Å². The molecule has 0 bridgehead atoms. The van der Waals surface area contributed by atoms with E-state index in [1.807, 2.05) is 0 Å². The fraction of sp³-hybridized carbons (Fsp3) is 0.622. The van der Waals surface area contributed by atoms with Gasteiger partial charge < -0.3 is 25.0 Å². The molecule has 2 aliphatic carbocycles. The number of Topliss-reactive ketones (excluding diaryl/α,β-unsaturated/α-hetero) is 1. The molecule has 1 saturated heterocycles. The molecule has 0 spiro atoms. The summed E-state index contributed by atoms with van der Waals surface area (Å²) in [6.07, 6.45) is -0.170. The highest BCUT2D eigenvalue weighted by Gasteiger charge is 2.62. The van der Waals surface area contributed by atoms with Crippen LogP contribution in [-0.2, 0) is 51.8 Å². The maximum Gasteiger partial charge on any atom is 0.410 e. The lowest BCUT2D eigenvalue weighted by atomic mass is 10.0. The van der Waals surface area contributed by atoms with Crippen LogP contribution in [-0.4, -0.2) is 95.0 Å². The zero-order chi connectivity index (χ0) is 39.7. The van der Waals surface area contributed by atoms with Crippen LogP contribution in [0, 0.1) is 11.7 Å². The number of amides is 5. The van der Waals surface area contributed by atoms with Crippen molar-refractivity contribution >= 4 is 45.7 Å². The molecule has 2 saturated carbocycles. The minimum atomic E-state index is -3.94. The SMILES string of the molecule is CC=C(C)C(=O)CC[C@H](NC(=O)OC(C)(C)C)C(=O)N1CC(OC(=O)N2Cc3cccc(F)c3C2)C[C@H]1C(=O)N[C@]1(C(=O)NS(=O)(=O)C2CC2)C[C@H]1CC. The summed E-state index contributed by atoms with van der Waals surface area (Å²) >= 11 is 0. The van der Waals surface area contributed by atoms with E-state index in [-0.39, 0.29) is 57.0 Å². The van der Waals surface area contributed by atoms with Gasteiger partial charge in [-0.15, -0.1) is 0 Å². The molecule has 5 amide bonds. The molecule has 15 nitrogen and oxygen atoms in total. The molecule has 5 rings (SSSR count). The molecular weight excluding hydrogens is 725 g/mol. The Bertz CT molecular complexity index is 1840. The lowest BCUT2D eigenvalue weighted by Gasteiger charge is -2.30. The van der Waals surface area contributed by atoms with Crippen molar-refractivity contribution in [3.8, 4) is 0 Å². The second kappa shape index (κ2) is 15.7. The first-order valence-electron chi connectivity index (χ1n) is 18.3. The van der Waals surface area contributed by atoms with Crippen LogP contribution in [0.5, 0.6) is 0 Å². The summed E-state index contributed by atoms with van der Waals surface area (Å²) in [6.45, 7) is 9.78. The summed E-state index contributed by atoms with van der Waals surface area (Å²) in [5, 5.41) is 4.59. The Balaban J connectivity index is 1.39. The first-order chi connectivity index (χ1) is 25.3. The number of rotatable bonds is 13. The Kier molecular flexibility index (Phi) is 11.8. The zero-order valence-electron chi connectivity index (χ0n) is 31.5. The molecule has 2 heterocycles. The molecule has 3 N–H and O–H groups in total. The zero-order valence-corrected chi connectivity index (χ0v) is 32.3. The van der Waals surface area contributed by atoms with Crippen molar-refractivity contribution in [1.29, 1.82) is 0 Å². The third-order valence-electron chi connectivity index (χ3n) is 10.4. The molecule has 4 aliphatic rings. The molecule has 3 fully saturated rings. The summed E-state index contributed by atoms with van der Waals surface area (Å²) in [7, 11) is -3.94. The van der Waals surface area contributed by atoms with Gasteiger partial charge in [0.15, 0.2) is 5.78 Å². The van der Waals surface area contributed by atoms with Crippen LogP contribution >= 0.6 is 0 Å². The average Bonchev–Trinajstić information content (AvgIpc) is 3.99. The quantitative estimate of drug-likeness (QED) is 0.250. The van der Waals surface area contributed by atoms with Crippen LogP contribution in [0.15, 0.2) is 29.8 Å². The van der Waals surface area contributed by atoms with E-state index in [2.05, 4.69) is 15.4 Å². The van der Waals surface area contributed by atoms with Crippen LogP contribution in [0.25, 0.3) is 0 Å². The van der Waals surface area contributed by atoms with E-state index in [1.54, 1.807) is 59.8 Å². The van der Waals surface area contributed by atoms with Gasteiger partial charge in [0.25, 0.3) is 5.91 Å². The number of nitrogens with one attached hydrogen (secondary N) is 3. The highest BCUT2D eigenvalue weighted by Crippen LogP contribution is 2.47. The lowest BCUT2D eigenvalue weighted by Crippen LogP contribution is -2.58. The summed E-state index contributed by atoms with van der Waals surface area (Å²) in [4.78, 5) is 83.6. The van der Waals surface area contributed by atoms with E-state index in [4.69, 9.17) is 9.47 Å².